The molecular formula is C74H129NO13. The molecule has 9 N–H and O–H groups in total. The van der Waals surface area contributed by atoms with Gasteiger partial charge in [0.05, 0.1) is 32.0 Å². The highest BCUT2D eigenvalue weighted by Crippen LogP contribution is 2.30. The number of aliphatic hydroxyl groups is 8. The summed E-state index contributed by atoms with van der Waals surface area (Å²) in [5.74, 6) is -0.216. The quantitative estimate of drug-likeness (QED) is 0.0204. The van der Waals surface area contributed by atoms with Crippen molar-refractivity contribution in [2.45, 2.75) is 344 Å². The van der Waals surface area contributed by atoms with Gasteiger partial charge >= 0.3 is 0 Å². The number of allylic oxidation sites excluding steroid dienone is 16. The SMILES string of the molecule is CC/C=C\C/C=C\C/C=C\C/C=C\C/C=C\C/C=C\C/C=C\C/C=C\CCCCCCCCCCC(=O)NC(COC1OC(CO)C(OC2OC(CO)C(O)C(O)C2O)C(O)C1O)C(O)CCCCCCCCCCCCCCCCCCCCCCC. The monoisotopic (exact) mass is 1240 g/mol. The molecule has 0 aromatic heterocycles. The lowest BCUT2D eigenvalue weighted by atomic mass is 9.97. The van der Waals surface area contributed by atoms with E-state index < -0.39 is 86.8 Å². The fourth-order valence-electron chi connectivity index (χ4n) is 11.2. The molecule has 2 aliphatic heterocycles. The Morgan fingerprint density at radius 1 is 0.420 bits per heavy atom. The van der Waals surface area contributed by atoms with Crippen LogP contribution in [0.25, 0.3) is 0 Å². The van der Waals surface area contributed by atoms with Gasteiger partial charge in [-0.1, -0.05) is 284 Å². The Bertz CT molecular complexity index is 1850. The Hall–Kier alpha value is -3.09. The lowest BCUT2D eigenvalue weighted by Gasteiger charge is -2.46. The Balaban J connectivity index is 1.67. The topological polar surface area (TPSA) is 228 Å². The Morgan fingerprint density at radius 2 is 0.784 bits per heavy atom. The standard InChI is InChI=1S/C74H129NO13/c1-3-5-7-9-11-13-15-17-19-21-23-25-26-27-28-29-30-31-32-33-34-35-36-38-40-42-44-46-48-50-52-54-56-58-66(79)75-62(63(78)57-55-53-51-49-47-45-43-41-39-37-24-22-20-18-16-14-12-10-8-6-4-2)61-85-73-71(84)69(82)72(65(60-77)87-73)88-74-70(83)68(81)67(80)64(59-76)86-74/h5,7,11,13,17,19,23,25,27-28,30-31,33-34,36,38,62-65,67-74,76-78,80-84H,3-4,6,8-10,12,14-16,18,20-22,24,26,29,32,35,37,39-61H2,1-2H3,(H,75,79)/b7-5-,13-11-,19-17-,25-23-,28-27-,31-30-,34-33-,38-36-. The minimum atomic E-state index is -1.79. The number of hydrogen-bond donors (Lipinski definition) is 9. The first-order valence-corrected chi connectivity index (χ1v) is 35.5. The van der Waals surface area contributed by atoms with E-state index in [0.29, 0.717) is 12.8 Å². The van der Waals surface area contributed by atoms with Gasteiger partial charge in [-0.2, -0.15) is 0 Å². The van der Waals surface area contributed by atoms with Crippen LogP contribution in [-0.2, 0) is 23.7 Å². The molecule has 0 radical (unpaired) electrons. The van der Waals surface area contributed by atoms with Crippen molar-refractivity contribution < 1.29 is 64.6 Å². The molecule has 12 unspecified atom stereocenters. The van der Waals surface area contributed by atoms with Crippen LogP contribution in [0.2, 0.25) is 0 Å². The van der Waals surface area contributed by atoms with E-state index in [9.17, 15) is 45.6 Å². The van der Waals surface area contributed by atoms with Crippen molar-refractivity contribution in [2.24, 2.45) is 0 Å². The molecule has 14 heteroatoms. The van der Waals surface area contributed by atoms with Gasteiger partial charge in [-0.05, 0) is 77.0 Å². The van der Waals surface area contributed by atoms with Gasteiger partial charge in [-0.15, -0.1) is 0 Å². The molecule has 0 aromatic carbocycles. The molecule has 0 bridgehead atoms. The van der Waals surface area contributed by atoms with Gasteiger partial charge < -0.3 is 65.1 Å². The fourth-order valence-corrected chi connectivity index (χ4v) is 11.2. The summed E-state index contributed by atoms with van der Waals surface area (Å²) in [6.07, 6.45) is 64.1. The highest BCUT2D eigenvalue weighted by atomic mass is 16.7. The first kappa shape index (κ1) is 81.0. The number of unbranched alkanes of at least 4 members (excludes halogenated alkanes) is 28. The second-order valence-corrected chi connectivity index (χ2v) is 24.6. The van der Waals surface area contributed by atoms with E-state index in [4.69, 9.17) is 18.9 Å². The smallest absolute Gasteiger partial charge is 0.220 e. The summed E-state index contributed by atoms with van der Waals surface area (Å²) in [6.45, 7) is 2.76. The second kappa shape index (κ2) is 57.8. The lowest BCUT2D eigenvalue weighted by Crippen LogP contribution is -2.65. The van der Waals surface area contributed by atoms with E-state index in [1.54, 1.807) is 0 Å². The minimum Gasteiger partial charge on any atom is -0.394 e. The van der Waals surface area contributed by atoms with Gasteiger partial charge in [0.15, 0.2) is 12.6 Å². The van der Waals surface area contributed by atoms with E-state index in [1.807, 2.05) is 0 Å². The van der Waals surface area contributed by atoms with Crippen LogP contribution in [0.15, 0.2) is 97.2 Å². The van der Waals surface area contributed by atoms with Gasteiger partial charge in [0.1, 0.15) is 48.8 Å². The average molecular weight is 1240 g/mol. The average Bonchev–Trinajstić information content (AvgIpc) is 2.07. The van der Waals surface area contributed by atoms with Crippen molar-refractivity contribution >= 4 is 5.91 Å². The highest BCUT2D eigenvalue weighted by molar-refractivity contribution is 5.76. The molecule has 0 aromatic rings. The van der Waals surface area contributed by atoms with Crippen molar-refractivity contribution in [3.05, 3.63) is 97.2 Å². The molecular weight excluding hydrogens is 1110 g/mol. The molecule has 88 heavy (non-hydrogen) atoms. The molecule has 0 saturated carbocycles. The summed E-state index contributed by atoms with van der Waals surface area (Å²) in [5.41, 5.74) is 0. The third kappa shape index (κ3) is 41.4. The van der Waals surface area contributed by atoms with E-state index >= 15 is 0 Å². The van der Waals surface area contributed by atoms with Crippen molar-refractivity contribution in [3.63, 3.8) is 0 Å². The fraction of sp³-hybridized carbons (Fsp3) is 0.770. The molecule has 14 nitrogen and oxygen atoms in total. The maximum Gasteiger partial charge on any atom is 0.220 e. The van der Waals surface area contributed by atoms with Crippen LogP contribution in [0.5, 0.6) is 0 Å². The van der Waals surface area contributed by atoms with Crippen molar-refractivity contribution in [1.82, 2.24) is 5.32 Å². The van der Waals surface area contributed by atoms with Crippen LogP contribution < -0.4 is 5.32 Å². The summed E-state index contributed by atoms with van der Waals surface area (Å²) >= 11 is 0. The zero-order valence-electron chi connectivity index (χ0n) is 55.2. The van der Waals surface area contributed by atoms with Gasteiger partial charge in [0.2, 0.25) is 5.91 Å². The number of nitrogens with one attached hydrogen (secondary N) is 1. The van der Waals surface area contributed by atoms with Crippen LogP contribution in [0.1, 0.15) is 271 Å². The molecule has 2 aliphatic rings. The van der Waals surface area contributed by atoms with E-state index in [1.165, 1.54) is 135 Å². The maximum absolute atomic E-state index is 13.4. The molecule has 508 valence electrons. The summed E-state index contributed by atoms with van der Waals surface area (Å²) < 4.78 is 22.9. The van der Waals surface area contributed by atoms with Crippen molar-refractivity contribution in [1.29, 1.82) is 0 Å². The highest BCUT2D eigenvalue weighted by Gasteiger charge is 2.51. The van der Waals surface area contributed by atoms with E-state index in [2.05, 4.69) is 116 Å². The van der Waals surface area contributed by atoms with Crippen LogP contribution in [0.4, 0.5) is 0 Å². The summed E-state index contributed by atoms with van der Waals surface area (Å²) in [5, 5.41) is 87.6. The maximum atomic E-state index is 13.4. The van der Waals surface area contributed by atoms with Crippen molar-refractivity contribution in [3.8, 4) is 0 Å². The zero-order valence-corrected chi connectivity index (χ0v) is 55.2. The predicted octanol–water partition coefficient (Wildman–Crippen LogP) is 14.6. The first-order chi connectivity index (χ1) is 43.1. The molecule has 2 rings (SSSR count). The third-order valence-electron chi connectivity index (χ3n) is 16.8. The number of carbonyl (C=O) groups excluding carboxylic acids is 1. The largest absolute Gasteiger partial charge is 0.394 e. The number of aliphatic hydroxyl groups excluding tert-OH is 8. The first-order valence-electron chi connectivity index (χ1n) is 35.5. The Labute approximate surface area is 534 Å². The zero-order chi connectivity index (χ0) is 63.8. The molecule has 1 amide bonds. The number of hydrogen-bond acceptors (Lipinski definition) is 13. The Kier molecular flexibility index (Phi) is 53.2. The van der Waals surface area contributed by atoms with E-state index in [0.717, 1.165) is 103 Å². The van der Waals surface area contributed by atoms with Gasteiger partial charge in [-0.3, -0.25) is 4.79 Å². The van der Waals surface area contributed by atoms with Gasteiger partial charge in [-0.25, -0.2) is 0 Å². The van der Waals surface area contributed by atoms with Crippen LogP contribution in [0, 0.1) is 0 Å². The second-order valence-electron chi connectivity index (χ2n) is 24.6. The molecule has 0 spiro atoms. The molecule has 2 heterocycles. The minimum absolute atomic E-state index is 0.216. The van der Waals surface area contributed by atoms with Crippen LogP contribution >= 0.6 is 0 Å². The van der Waals surface area contributed by atoms with Crippen LogP contribution in [-0.4, -0.2) is 140 Å². The number of amides is 1. The van der Waals surface area contributed by atoms with Gasteiger partial charge in [0.25, 0.3) is 0 Å². The third-order valence-corrected chi connectivity index (χ3v) is 16.8. The van der Waals surface area contributed by atoms with Crippen molar-refractivity contribution in [2.75, 3.05) is 19.8 Å². The number of ether oxygens (including phenoxy) is 4. The summed E-state index contributed by atoms with van der Waals surface area (Å²) in [6, 6.07) is -0.841. The number of carbonyl (C=O) groups is 1. The molecule has 12 atom stereocenters. The lowest BCUT2D eigenvalue weighted by molar-refractivity contribution is -0.359. The summed E-state index contributed by atoms with van der Waals surface area (Å²) in [7, 11) is 0. The van der Waals surface area contributed by atoms with Crippen LogP contribution in [0.3, 0.4) is 0 Å². The molecule has 2 fully saturated rings. The molecule has 0 aliphatic carbocycles. The van der Waals surface area contributed by atoms with E-state index in [-0.39, 0.29) is 18.9 Å². The normalized spacial score (nSPS) is 23.8. The van der Waals surface area contributed by atoms with Gasteiger partial charge in [0, 0.05) is 6.42 Å². The number of rotatable bonds is 57. The summed E-state index contributed by atoms with van der Waals surface area (Å²) in [4.78, 5) is 13.4. The predicted molar refractivity (Wildman–Crippen MR) is 359 cm³/mol. The Morgan fingerprint density at radius 3 is 1.20 bits per heavy atom. The molecule has 2 saturated heterocycles.